The molecule has 1 aliphatic rings. The molecule has 6 heteroatoms. The maximum absolute atomic E-state index is 12.6. The Morgan fingerprint density at radius 3 is 2.80 bits per heavy atom. The van der Waals surface area contributed by atoms with Crippen LogP contribution in [0.5, 0.6) is 0 Å². The van der Waals surface area contributed by atoms with Crippen molar-refractivity contribution in [1.82, 2.24) is 4.90 Å². The third-order valence-electron chi connectivity index (χ3n) is 4.27. The first-order chi connectivity index (χ1) is 12.0. The van der Waals surface area contributed by atoms with Gasteiger partial charge in [0.2, 0.25) is 11.8 Å². The minimum atomic E-state index is -0.219. The quantitative estimate of drug-likeness (QED) is 0.868. The van der Waals surface area contributed by atoms with Crippen LogP contribution in [0.25, 0.3) is 0 Å². The summed E-state index contributed by atoms with van der Waals surface area (Å²) in [6, 6.07) is 9.80. The van der Waals surface area contributed by atoms with Crippen LogP contribution in [-0.2, 0) is 22.6 Å². The Balaban J connectivity index is 1.47. The molecule has 0 radical (unpaired) electrons. The normalized spacial score (nSPS) is 14.7. The van der Waals surface area contributed by atoms with Crippen molar-refractivity contribution < 1.29 is 9.59 Å². The number of fused-ring (bicyclic) bond motifs is 1. The molecule has 0 fully saturated rings. The maximum Gasteiger partial charge on any atom is 0.235 e. The van der Waals surface area contributed by atoms with Gasteiger partial charge in [0, 0.05) is 23.7 Å². The van der Waals surface area contributed by atoms with E-state index in [-0.39, 0.29) is 22.8 Å². The predicted molar refractivity (Wildman–Crippen MR) is 105 cm³/mol. The molecule has 0 bridgehead atoms. The van der Waals surface area contributed by atoms with Gasteiger partial charge in [-0.15, -0.1) is 23.1 Å². The van der Waals surface area contributed by atoms with E-state index in [4.69, 9.17) is 0 Å². The lowest BCUT2D eigenvalue weighted by Gasteiger charge is -2.29. The Kier molecular flexibility index (Phi) is 5.81. The molecule has 2 aromatic rings. The number of carbonyl (C=O) groups is 2. The van der Waals surface area contributed by atoms with Gasteiger partial charge >= 0.3 is 0 Å². The molecule has 2 heterocycles. The minimum Gasteiger partial charge on any atom is -0.337 e. The fourth-order valence-electron chi connectivity index (χ4n) is 2.80. The number of amides is 2. The highest BCUT2D eigenvalue weighted by Crippen LogP contribution is 2.25. The van der Waals surface area contributed by atoms with E-state index in [2.05, 4.69) is 16.8 Å². The van der Waals surface area contributed by atoms with Crippen LogP contribution in [0.4, 0.5) is 5.69 Å². The SMILES string of the molecule is Cc1ccc(NC(=O)CSC(C)C(=O)N2CCc3sccc3C2)cc1. The molecule has 0 saturated carbocycles. The van der Waals surface area contributed by atoms with Crippen LogP contribution in [0, 0.1) is 6.92 Å². The van der Waals surface area contributed by atoms with Crippen molar-refractivity contribution in [1.29, 1.82) is 0 Å². The van der Waals surface area contributed by atoms with E-state index < -0.39 is 0 Å². The van der Waals surface area contributed by atoms with Gasteiger partial charge in [-0.1, -0.05) is 17.7 Å². The molecule has 1 N–H and O–H groups in total. The van der Waals surface area contributed by atoms with E-state index >= 15 is 0 Å². The summed E-state index contributed by atoms with van der Waals surface area (Å²) in [6.45, 7) is 5.36. The van der Waals surface area contributed by atoms with Gasteiger partial charge in [0.15, 0.2) is 0 Å². The highest BCUT2D eigenvalue weighted by molar-refractivity contribution is 8.01. The summed E-state index contributed by atoms with van der Waals surface area (Å²) >= 11 is 3.16. The third-order valence-corrected chi connectivity index (χ3v) is 6.42. The lowest BCUT2D eigenvalue weighted by Crippen LogP contribution is -2.40. The number of anilines is 1. The second kappa shape index (κ2) is 8.06. The van der Waals surface area contributed by atoms with Crippen LogP contribution in [0.1, 0.15) is 22.9 Å². The van der Waals surface area contributed by atoms with E-state index in [1.54, 1.807) is 11.3 Å². The summed E-state index contributed by atoms with van der Waals surface area (Å²) in [7, 11) is 0. The maximum atomic E-state index is 12.6. The Morgan fingerprint density at radius 1 is 1.28 bits per heavy atom. The van der Waals surface area contributed by atoms with Crippen LogP contribution >= 0.6 is 23.1 Å². The predicted octanol–water partition coefficient (Wildman–Crippen LogP) is 3.70. The molecule has 1 aromatic heterocycles. The number of thioether (sulfide) groups is 1. The molecule has 4 nitrogen and oxygen atoms in total. The van der Waals surface area contributed by atoms with Crippen LogP contribution in [0.3, 0.4) is 0 Å². The third kappa shape index (κ3) is 4.64. The Labute approximate surface area is 156 Å². The van der Waals surface area contributed by atoms with E-state index in [0.717, 1.165) is 24.2 Å². The van der Waals surface area contributed by atoms with Gasteiger partial charge in [0.1, 0.15) is 0 Å². The zero-order valence-electron chi connectivity index (χ0n) is 14.5. The van der Waals surface area contributed by atoms with Gasteiger partial charge in [-0.3, -0.25) is 9.59 Å². The van der Waals surface area contributed by atoms with E-state index in [9.17, 15) is 9.59 Å². The number of carbonyl (C=O) groups excluding carboxylic acids is 2. The second-order valence-electron chi connectivity index (χ2n) is 6.25. The summed E-state index contributed by atoms with van der Waals surface area (Å²) in [5.74, 6) is 0.315. The molecule has 0 spiro atoms. The molecule has 0 aliphatic carbocycles. The molecular weight excluding hydrogens is 352 g/mol. The van der Waals surface area contributed by atoms with Crippen LogP contribution in [0.15, 0.2) is 35.7 Å². The summed E-state index contributed by atoms with van der Waals surface area (Å²) in [5, 5.41) is 4.74. The molecule has 132 valence electrons. The van der Waals surface area contributed by atoms with Gasteiger partial charge in [-0.05, 0) is 49.4 Å². The molecule has 2 amide bonds. The Morgan fingerprint density at radius 2 is 2.04 bits per heavy atom. The first-order valence-electron chi connectivity index (χ1n) is 8.35. The standard InChI is InChI=1S/C19H22N2O2S2/c1-13-3-5-16(6-4-13)20-18(22)12-25-14(2)19(23)21-9-7-17-15(11-21)8-10-24-17/h3-6,8,10,14H,7,9,11-12H2,1-2H3,(H,20,22). The average molecular weight is 375 g/mol. The summed E-state index contributed by atoms with van der Waals surface area (Å²) in [5.41, 5.74) is 3.21. The van der Waals surface area contributed by atoms with Crippen molar-refractivity contribution in [3.63, 3.8) is 0 Å². The van der Waals surface area contributed by atoms with Crippen molar-refractivity contribution in [2.24, 2.45) is 0 Å². The molecule has 25 heavy (non-hydrogen) atoms. The van der Waals surface area contributed by atoms with Crippen molar-refractivity contribution in [3.8, 4) is 0 Å². The topological polar surface area (TPSA) is 49.4 Å². The number of thiophene rings is 1. The first kappa shape index (κ1) is 18.0. The van der Waals surface area contributed by atoms with Crippen LogP contribution in [0.2, 0.25) is 0 Å². The number of nitrogens with zero attached hydrogens (tertiary/aromatic N) is 1. The van der Waals surface area contributed by atoms with Crippen LogP contribution < -0.4 is 5.32 Å². The van der Waals surface area contributed by atoms with Crippen molar-refractivity contribution in [2.75, 3.05) is 17.6 Å². The van der Waals surface area contributed by atoms with Crippen molar-refractivity contribution in [2.45, 2.75) is 32.1 Å². The monoisotopic (exact) mass is 374 g/mol. The lowest BCUT2D eigenvalue weighted by molar-refractivity contribution is -0.131. The smallest absolute Gasteiger partial charge is 0.235 e. The fraction of sp³-hybridized carbons (Fsp3) is 0.368. The van der Waals surface area contributed by atoms with Crippen LogP contribution in [-0.4, -0.2) is 34.3 Å². The molecule has 1 unspecified atom stereocenters. The van der Waals surface area contributed by atoms with E-state index in [0.29, 0.717) is 6.54 Å². The highest BCUT2D eigenvalue weighted by Gasteiger charge is 2.25. The van der Waals surface area contributed by atoms with Crippen molar-refractivity contribution >= 4 is 40.6 Å². The van der Waals surface area contributed by atoms with E-state index in [1.807, 2.05) is 43.0 Å². The summed E-state index contributed by atoms with van der Waals surface area (Å²) in [6.07, 6.45) is 0.935. The lowest BCUT2D eigenvalue weighted by atomic mass is 10.1. The fourth-order valence-corrected chi connectivity index (χ4v) is 4.45. The molecule has 1 aromatic carbocycles. The van der Waals surface area contributed by atoms with Gasteiger partial charge < -0.3 is 10.2 Å². The van der Waals surface area contributed by atoms with E-state index in [1.165, 1.54) is 22.2 Å². The molecular formula is C19H22N2O2S2. The van der Waals surface area contributed by atoms with Gasteiger partial charge in [0.25, 0.3) is 0 Å². The first-order valence-corrected chi connectivity index (χ1v) is 10.3. The summed E-state index contributed by atoms with van der Waals surface area (Å²) < 4.78 is 0. The largest absolute Gasteiger partial charge is 0.337 e. The minimum absolute atomic E-state index is 0.0766. The number of hydrogen-bond acceptors (Lipinski definition) is 4. The number of hydrogen-bond donors (Lipinski definition) is 1. The second-order valence-corrected chi connectivity index (χ2v) is 8.58. The molecule has 3 rings (SSSR count). The molecule has 1 atom stereocenters. The zero-order valence-corrected chi connectivity index (χ0v) is 16.1. The average Bonchev–Trinajstić information content (AvgIpc) is 3.08. The number of benzene rings is 1. The summed E-state index contributed by atoms with van der Waals surface area (Å²) in [4.78, 5) is 28.0. The van der Waals surface area contributed by atoms with Gasteiger partial charge in [-0.25, -0.2) is 0 Å². The van der Waals surface area contributed by atoms with Gasteiger partial charge in [0.05, 0.1) is 11.0 Å². The number of rotatable bonds is 5. The highest BCUT2D eigenvalue weighted by atomic mass is 32.2. The van der Waals surface area contributed by atoms with Crippen molar-refractivity contribution in [3.05, 3.63) is 51.7 Å². The Bertz CT molecular complexity index is 755. The zero-order chi connectivity index (χ0) is 17.8. The number of aryl methyl sites for hydroxylation is 1. The van der Waals surface area contributed by atoms with Gasteiger partial charge in [-0.2, -0.15) is 0 Å². The Hall–Kier alpha value is -1.79. The number of nitrogens with one attached hydrogen (secondary N) is 1. The molecule has 1 aliphatic heterocycles. The molecule has 0 saturated heterocycles.